The van der Waals surface area contributed by atoms with E-state index in [0.29, 0.717) is 12.2 Å². The molecule has 0 saturated heterocycles. The number of benzene rings is 2. The lowest BCUT2D eigenvalue weighted by Gasteiger charge is -2.22. The van der Waals surface area contributed by atoms with Crippen LogP contribution in [0, 0.1) is 13.8 Å². The lowest BCUT2D eigenvalue weighted by Crippen LogP contribution is -2.40. The second-order valence-corrected chi connectivity index (χ2v) is 10.4. The Morgan fingerprint density at radius 3 is 2.45 bits per heavy atom. The Morgan fingerprint density at radius 1 is 1.14 bits per heavy atom. The molecule has 29 heavy (non-hydrogen) atoms. The summed E-state index contributed by atoms with van der Waals surface area (Å²) in [4.78, 5) is 12.3. The number of rotatable bonds is 10. The first-order valence-electron chi connectivity index (χ1n) is 9.30. The fourth-order valence-corrected chi connectivity index (χ4v) is 4.86. The highest BCUT2D eigenvalue weighted by atomic mass is 35.5. The fraction of sp³-hybridized carbons (Fsp3) is 0.381. The molecule has 0 aliphatic rings. The summed E-state index contributed by atoms with van der Waals surface area (Å²) in [5, 5.41) is 3.54. The lowest BCUT2D eigenvalue weighted by atomic mass is 10.1. The SMILES string of the molecule is Cc1cc(C)cc(N(CC(=O)NCCCSCc2cccc(Cl)c2)S(C)(=O)=O)c1. The van der Waals surface area contributed by atoms with E-state index < -0.39 is 10.0 Å². The van der Waals surface area contributed by atoms with Crippen LogP contribution in [-0.2, 0) is 20.6 Å². The van der Waals surface area contributed by atoms with Crippen molar-refractivity contribution in [3.63, 3.8) is 0 Å². The summed E-state index contributed by atoms with van der Waals surface area (Å²) in [6.45, 7) is 4.08. The Kier molecular flexibility index (Phi) is 8.86. The van der Waals surface area contributed by atoms with Gasteiger partial charge in [0.05, 0.1) is 11.9 Å². The van der Waals surface area contributed by atoms with Crippen LogP contribution in [0.1, 0.15) is 23.1 Å². The summed E-state index contributed by atoms with van der Waals surface area (Å²) >= 11 is 7.74. The lowest BCUT2D eigenvalue weighted by molar-refractivity contribution is -0.119. The van der Waals surface area contributed by atoms with Gasteiger partial charge >= 0.3 is 0 Å². The Morgan fingerprint density at radius 2 is 1.83 bits per heavy atom. The van der Waals surface area contributed by atoms with Crippen molar-refractivity contribution >= 4 is 45.0 Å². The number of aryl methyl sites for hydroxylation is 2. The fourth-order valence-electron chi connectivity index (χ4n) is 2.90. The van der Waals surface area contributed by atoms with E-state index in [0.717, 1.165) is 44.6 Å². The highest BCUT2D eigenvalue weighted by Crippen LogP contribution is 2.21. The van der Waals surface area contributed by atoms with Crippen molar-refractivity contribution in [3.8, 4) is 0 Å². The molecule has 0 aromatic heterocycles. The molecule has 5 nitrogen and oxygen atoms in total. The maximum Gasteiger partial charge on any atom is 0.240 e. The van der Waals surface area contributed by atoms with Gasteiger partial charge in [-0.3, -0.25) is 9.10 Å². The average Bonchev–Trinajstić information content (AvgIpc) is 2.61. The second-order valence-electron chi connectivity index (χ2n) is 7.00. The summed E-state index contributed by atoms with van der Waals surface area (Å²) in [5.41, 5.74) is 3.58. The first kappa shape index (κ1) is 23.6. The molecule has 0 unspecified atom stereocenters. The van der Waals surface area contributed by atoms with E-state index in [1.165, 1.54) is 5.56 Å². The summed E-state index contributed by atoms with van der Waals surface area (Å²) < 4.78 is 25.5. The van der Waals surface area contributed by atoms with Gasteiger partial charge in [-0.05, 0) is 67.0 Å². The molecule has 0 aliphatic carbocycles. The summed E-state index contributed by atoms with van der Waals surface area (Å²) in [5.74, 6) is 1.44. The molecular formula is C21H27ClN2O3S2. The number of nitrogens with zero attached hydrogens (tertiary/aromatic N) is 1. The van der Waals surface area contributed by atoms with Crippen LogP contribution in [0.15, 0.2) is 42.5 Å². The van der Waals surface area contributed by atoms with Gasteiger partial charge in [0.1, 0.15) is 6.54 Å². The third kappa shape index (κ3) is 8.28. The summed E-state index contributed by atoms with van der Waals surface area (Å²) in [7, 11) is -3.56. The minimum atomic E-state index is -3.56. The van der Waals surface area contributed by atoms with Crippen LogP contribution >= 0.6 is 23.4 Å². The van der Waals surface area contributed by atoms with Gasteiger partial charge in [-0.25, -0.2) is 8.42 Å². The molecule has 1 N–H and O–H groups in total. The highest BCUT2D eigenvalue weighted by molar-refractivity contribution is 7.98. The zero-order valence-electron chi connectivity index (χ0n) is 16.9. The monoisotopic (exact) mass is 454 g/mol. The topological polar surface area (TPSA) is 66.5 Å². The minimum Gasteiger partial charge on any atom is -0.354 e. The number of nitrogens with one attached hydrogen (secondary N) is 1. The molecule has 2 aromatic rings. The number of amides is 1. The third-order valence-electron chi connectivity index (χ3n) is 4.13. The highest BCUT2D eigenvalue weighted by Gasteiger charge is 2.21. The van der Waals surface area contributed by atoms with Crippen LogP contribution < -0.4 is 9.62 Å². The maximum atomic E-state index is 12.3. The quantitative estimate of drug-likeness (QED) is 0.547. The first-order valence-corrected chi connectivity index (χ1v) is 12.7. The van der Waals surface area contributed by atoms with E-state index in [4.69, 9.17) is 11.6 Å². The predicted molar refractivity (Wildman–Crippen MR) is 123 cm³/mol. The van der Waals surface area contributed by atoms with E-state index in [-0.39, 0.29) is 12.5 Å². The van der Waals surface area contributed by atoms with Gasteiger partial charge in [0.2, 0.25) is 15.9 Å². The molecule has 2 aromatic carbocycles. The maximum absolute atomic E-state index is 12.3. The standard InChI is InChI=1S/C21H27ClN2O3S2/c1-16-10-17(2)12-20(11-16)24(29(3,26)27)14-21(25)23-8-5-9-28-15-18-6-4-7-19(22)13-18/h4,6-7,10-13H,5,8-9,14-15H2,1-3H3,(H,23,25). The molecule has 0 spiro atoms. The number of anilines is 1. The van der Waals surface area contributed by atoms with E-state index in [1.54, 1.807) is 23.9 Å². The zero-order chi connectivity index (χ0) is 21.4. The molecular weight excluding hydrogens is 428 g/mol. The van der Waals surface area contributed by atoms with Crippen molar-refractivity contribution in [2.24, 2.45) is 0 Å². The number of thioether (sulfide) groups is 1. The van der Waals surface area contributed by atoms with Gasteiger partial charge < -0.3 is 5.32 Å². The number of sulfonamides is 1. The van der Waals surface area contributed by atoms with Crippen molar-refractivity contribution in [1.29, 1.82) is 0 Å². The number of carbonyl (C=O) groups excluding carboxylic acids is 1. The van der Waals surface area contributed by atoms with Crippen molar-refractivity contribution in [3.05, 3.63) is 64.2 Å². The molecule has 1 amide bonds. The molecule has 2 rings (SSSR count). The Balaban J connectivity index is 1.80. The molecule has 0 aliphatic heterocycles. The molecule has 0 fully saturated rings. The van der Waals surface area contributed by atoms with Crippen LogP contribution in [0.25, 0.3) is 0 Å². The first-order chi connectivity index (χ1) is 13.6. The molecule has 8 heteroatoms. The van der Waals surface area contributed by atoms with Crippen LogP contribution in [0.5, 0.6) is 0 Å². The number of hydrogen-bond donors (Lipinski definition) is 1. The van der Waals surface area contributed by atoms with E-state index >= 15 is 0 Å². The Bertz CT molecular complexity index is 928. The van der Waals surface area contributed by atoms with E-state index in [2.05, 4.69) is 5.32 Å². The van der Waals surface area contributed by atoms with E-state index in [1.807, 2.05) is 44.2 Å². The van der Waals surface area contributed by atoms with Gasteiger partial charge in [0.15, 0.2) is 0 Å². The second kappa shape index (κ2) is 10.9. The van der Waals surface area contributed by atoms with E-state index in [9.17, 15) is 13.2 Å². The number of carbonyl (C=O) groups is 1. The Labute approximate surface area is 182 Å². The third-order valence-corrected chi connectivity index (χ3v) is 6.62. The zero-order valence-corrected chi connectivity index (χ0v) is 19.3. The van der Waals surface area contributed by atoms with Crippen molar-refractivity contribution < 1.29 is 13.2 Å². The molecule has 0 heterocycles. The van der Waals surface area contributed by atoms with Crippen molar-refractivity contribution in [2.45, 2.75) is 26.0 Å². The normalized spacial score (nSPS) is 11.3. The smallest absolute Gasteiger partial charge is 0.240 e. The average molecular weight is 455 g/mol. The van der Waals surface area contributed by atoms with Gasteiger partial charge in [-0.1, -0.05) is 29.8 Å². The molecule has 158 valence electrons. The van der Waals surface area contributed by atoms with Crippen LogP contribution in [0.2, 0.25) is 5.02 Å². The molecule has 0 radical (unpaired) electrons. The van der Waals surface area contributed by atoms with Gasteiger partial charge in [-0.2, -0.15) is 11.8 Å². The van der Waals surface area contributed by atoms with Gasteiger partial charge in [-0.15, -0.1) is 0 Å². The molecule has 0 bridgehead atoms. The minimum absolute atomic E-state index is 0.225. The van der Waals surface area contributed by atoms with Crippen LogP contribution in [0.4, 0.5) is 5.69 Å². The predicted octanol–water partition coefficient (Wildman–Crippen LogP) is 4.16. The van der Waals surface area contributed by atoms with Crippen LogP contribution in [-0.4, -0.2) is 39.4 Å². The van der Waals surface area contributed by atoms with Crippen molar-refractivity contribution in [2.75, 3.05) is 29.4 Å². The summed E-state index contributed by atoms with van der Waals surface area (Å²) in [6, 6.07) is 13.3. The van der Waals surface area contributed by atoms with Crippen molar-refractivity contribution in [1.82, 2.24) is 5.32 Å². The van der Waals surface area contributed by atoms with Gasteiger partial charge in [0.25, 0.3) is 0 Å². The number of hydrogen-bond acceptors (Lipinski definition) is 4. The largest absolute Gasteiger partial charge is 0.354 e. The molecule has 0 saturated carbocycles. The van der Waals surface area contributed by atoms with Crippen LogP contribution in [0.3, 0.4) is 0 Å². The molecule has 0 atom stereocenters. The summed E-state index contributed by atoms with van der Waals surface area (Å²) in [6.07, 6.45) is 1.92. The number of halogens is 1. The Hall–Kier alpha value is -1.70. The van der Waals surface area contributed by atoms with Gasteiger partial charge in [0, 0.05) is 17.3 Å².